The highest BCUT2D eigenvalue weighted by atomic mass is 32.2. The summed E-state index contributed by atoms with van der Waals surface area (Å²) in [5.74, 6) is 2.34. The van der Waals surface area contributed by atoms with Gasteiger partial charge in [0.05, 0.1) is 12.1 Å². The molecule has 2 aromatic rings. The maximum Gasteiger partial charge on any atom is 0.244 e. The van der Waals surface area contributed by atoms with Gasteiger partial charge in [-0.2, -0.15) is 4.98 Å². The molecule has 0 bridgehead atoms. The molecule has 6 heteroatoms. The van der Waals surface area contributed by atoms with Crippen LogP contribution in [-0.4, -0.2) is 35.7 Å². The molecule has 2 atom stereocenters. The fourth-order valence-electron chi connectivity index (χ4n) is 2.43. The predicted octanol–water partition coefficient (Wildman–Crippen LogP) is 2.90. The molecule has 1 aromatic carbocycles. The Morgan fingerprint density at radius 3 is 2.86 bits per heavy atom. The summed E-state index contributed by atoms with van der Waals surface area (Å²) in [5.41, 5.74) is 0.978. The summed E-state index contributed by atoms with van der Waals surface area (Å²) in [5, 5.41) is 7.42. The summed E-state index contributed by atoms with van der Waals surface area (Å²) in [4.78, 5) is 5.76. The first kappa shape index (κ1) is 14.6. The minimum absolute atomic E-state index is 0.0890. The minimum atomic E-state index is 0.0890. The highest BCUT2D eigenvalue weighted by Gasteiger charge is 2.29. The van der Waals surface area contributed by atoms with Gasteiger partial charge >= 0.3 is 0 Å². The van der Waals surface area contributed by atoms with Crippen LogP contribution in [-0.2, 0) is 4.74 Å². The van der Waals surface area contributed by atoms with Crippen molar-refractivity contribution in [3.63, 3.8) is 0 Å². The topological polar surface area (TPSA) is 60.2 Å². The Balaban J connectivity index is 1.72. The van der Waals surface area contributed by atoms with Crippen molar-refractivity contribution in [2.45, 2.75) is 30.4 Å². The zero-order chi connectivity index (χ0) is 14.7. The van der Waals surface area contributed by atoms with Crippen LogP contribution in [0.25, 0.3) is 11.4 Å². The lowest BCUT2D eigenvalue weighted by Gasteiger charge is -2.04. The lowest BCUT2D eigenvalue weighted by atomic mass is 10.2. The van der Waals surface area contributed by atoms with Crippen LogP contribution in [0.1, 0.15) is 25.3 Å². The van der Waals surface area contributed by atoms with Gasteiger partial charge in [0.15, 0.2) is 0 Å². The van der Waals surface area contributed by atoms with Crippen molar-refractivity contribution >= 4 is 11.8 Å². The minimum Gasteiger partial charge on any atom is -0.380 e. The number of nitrogens with one attached hydrogen (secondary N) is 1. The summed E-state index contributed by atoms with van der Waals surface area (Å²) in [7, 11) is 1.73. The molecule has 0 aliphatic carbocycles. The Labute approximate surface area is 128 Å². The molecule has 112 valence electrons. The van der Waals surface area contributed by atoms with E-state index in [9.17, 15) is 0 Å². The van der Waals surface area contributed by atoms with Gasteiger partial charge in [0, 0.05) is 24.1 Å². The van der Waals surface area contributed by atoms with E-state index in [1.54, 1.807) is 7.11 Å². The number of methoxy groups -OCH3 is 1. The smallest absolute Gasteiger partial charge is 0.244 e. The summed E-state index contributed by atoms with van der Waals surface area (Å²) >= 11 is 1.82. The summed E-state index contributed by atoms with van der Waals surface area (Å²) < 4.78 is 10.7. The van der Waals surface area contributed by atoms with Crippen LogP contribution >= 0.6 is 11.8 Å². The Morgan fingerprint density at radius 1 is 1.38 bits per heavy atom. The molecule has 0 unspecified atom stereocenters. The number of rotatable bonds is 5. The number of hydrogen-bond acceptors (Lipinski definition) is 6. The van der Waals surface area contributed by atoms with Crippen LogP contribution in [0, 0.1) is 0 Å². The van der Waals surface area contributed by atoms with Gasteiger partial charge in [-0.1, -0.05) is 12.1 Å². The number of thioether (sulfide) groups is 1. The summed E-state index contributed by atoms with van der Waals surface area (Å²) in [6.07, 6.45) is 1.08. The van der Waals surface area contributed by atoms with Crippen molar-refractivity contribution in [2.24, 2.45) is 0 Å². The Bertz CT molecular complexity index is 585. The third kappa shape index (κ3) is 3.28. The molecular weight excluding hydrogens is 286 g/mol. The van der Waals surface area contributed by atoms with Crippen LogP contribution in [0.5, 0.6) is 0 Å². The van der Waals surface area contributed by atoms with Gasteiger partial charge < -0.3 is 14.6 Å². The second-order valence-corrected chi connectivity index (χ2v) is 6.31. The van der Waals surface area contributed by atoms with E-state index < -0.39 is 0 Å². The summed E-state index contributed by atoms with van der Waals surface area (Å²) in [6, 6.07) is 8.34. The van der Waals surface area contributed by atoms with Crippen molar-refractivity contribution in [2.75, 3.05) is 19.4 Å². The maximum atomic E-state index is 5.39. The molecule has 1 saturated heterocycles. The molecule has 0 spiro atoms. The number of hydrogen-bond donors (Lipinski definition) is 1. The molecule has 3 rings (SSSR count). The average Bonchev–Trinajstić information content (AvgIpc) is 3.17. The van der Waals surface area contributed by atoms with Crippen LogP contribution in [0.2, 0.25) is 0 Å². The largest absolute Gasteiger partial charge is 0.380 e. The summed E-state index contributed by atoms with van der Waals surface area (Å²) in [6.45, 7) is 2.97. The van der Waals surface area contributed by atoms with E-state index >= 15 is 0 Å². The Kier molecular flexibility index (Phi) is 4.57. The molecule has 1 fully saturated rings. The van der Waals surface area contributed by atoms with E-state index in [-0.39, 0.29) is 12.1 Å². The van der Waals surface area contributed by atoms with E-state index in [2.05, 4.69) is 34.5 Å². The molecular formula is C15H19N3O2S. The van der Waals surface area contributed by atoms with E-state index in [1.165, 1.54) is 4.90 Å². The van der Waals surface area contributed by atoms with Gasteiger partial charge in [0.2, 0.25) is 11.7 Å². The molecule has 1 aliphatic heterocycles. The molecule has 1 aromatic heterocycles. The lowest BCUT2D eigenvalue weighted by molar-refractivity contribution is 0.116. The number of ether oxygens (including phenoxy) is 1. The molecule has 5 nitrogen and oxygen atoms in total. The van der Waals surface area contributed by atoms with E-state index in [1.807, 2.05) is 23.9 Å². The van der Waals surface area contributed by atoms with Crippen LogP contribution in [0.4, 0.5) is 0 Å². The molecule has 2 heterocycles. The molecule has 0 amide bonds. The van der Waals surface area contributed by atoms with Crippen molar-refractivity contribution in [3.8, 4) is 11.4 Å². The van der Waals surface area contributed by atoms with Crippen molar-refractivity contribution < 1.29 is 9.26 Å². The second kappa shape index (κ2) is 6.60. The third-order valence-corrected chi connectivity index (χ3v) is 4.48. The lowest BCUT2D eigenvalue weighted by Crippen LogP contribution is -2.16. The maximum absolute atomic E-state index is 5.39. The fraction of sp³-hybridized carbons (Fsp3) is 0.467. The first-order valence-electron chi connectivity index (χ1n) is 7.13. The molecule has 1 aliphatic rings. The van der Waals surface area contributed by atoms with Gasteiger partial charge in [-0.15, -0.1) is 11.8 Å². The monoisotopic (exact) mass is 305 g/mol. The van der Waals surface area contributed by atoms with Crippen LogP contribution in [0.3, 0.4) is 0 Å². The molecule has 1 N–H and O–H groups in total. The molecule has 21 heavy (non-hydrogen) atoms. The van der Waals surface area contributed by atoms with Crippen molar-refractivity contribution in [1.29, 1.82) is 0 Å². The molecule has 0 radical (unpaired) electrons. The highest BCUT2D eigenvalue weighted by molar-refractivity contribution is 7.99. The van der Waals surface area contributed by atoms with Crippen LogP contribution in [0.15, 0.2) is 33.7 Å². The normalized spacial score (nSPS) is 21.8. The number of benzene rings is 1. The van der Waals surface area contributed by atoms with Gasteiger partial charge in [-0.3, -0.25) is 0 Å². The van der Waals surface area contributed by atoms with Gasteiger partial charge in [0.1, 0.15) is 0 Å². The Morgan fingerprint density at radius 2 is 2.19 bits per heavy atom. The highest BCUT2D eigenvalue weighted by Crippen LogP contribution is 2.26. The second-order valence-electron chi connectivity index (χ2n) is 4.97. The van der Waals surface area contributed by atoms with Gasteiger partial charge in [-0.05, 0) is 36.4 Å². The van der Waals surface area contributed by atoms with E-state index in [0.29, 0.717) is 11.7 Å². The fourth-order valence-corrected chi connectivity index (χ4v) is 3.09. The van der Waals surface area contributed by atoms with Crippen molar-refractivity contribution in [1.82, 2.24) is 15.5 Å². The zero-order valence-corrected chi connectivity index (χ0v) is 13.0. The standard InChI is InChI=1S/C15H19N3O2S/c1-3-21-12-6-4-10(5-7-12)14-17-15(20-18-14)13-8-11(19-2)9-16-13/h4-7,11,13,16H,3,8-9H2,1-2H3/t11-,13+/m0/s1. The SMILES string of the molecule is CCSc1ccc(-c2noc([C@H]3C[C@H](OC)CN3)n2)cc1. The Hall–Kier alpha value is -1.37. The van der Waals surface area contributed by atoms with E-state index in [4.69, 9.17) is 9.26 Å². The predicted molar refractivity (Wildman–Crippen MR) is 82.3 cm³/mol. The average molecular weight is 305 g/mol. The first-order valence-corrected chi connectivity index (χ1v) is 8.11. The van der Waals surface area contributed by atoms with Crippen molar-refractivity contribution in [3.05, 3.63) is 30.2 Å². The first-order chi connectivity index (χ1) is 10.3. The number of aromatic nitrogens is 2. The zero-order valence-electron chi connectivity index (χ0n) is 12.2. The van der Waals surface area contributed by atoms with Gasteiger partial charge in [0.25, 0.3) is 0 Å². The molecule has 0 saturated carbocycles. The van der Waals surface area contributed by atoms with E-state index in [0.717, 1.165) is 24.3 Å². The van der Waals surface area contributed by atoms with Gasteiger partial charge in [-0.25, -0.2) is 0 Å². The quantitative estimate of drug-likeness (QED) is 0.857. The number of nitrogens with zero attached hydrogens (tertiary/aromatic N) is 2. The van der Waals surface area contributed by atoms with Crippen LogP contribution < -0.4 is 5.32 Å². The third-order valence-electron chi connectivity index (χ3n) is 3.59.